The van der Waals surface area contributed by atoms with E-state index >= 15 is 0 Å². The summed E-state index contributed by atoms with van der Waals surface area (Å²) in [5, 5.41) is 2.74. The fourth-order valence-electron chi connectivity index (χ4n) is 4.96. The van der Waals surface area contributed by atoms with E-state index in [1.54, 1.807) is 29.2 Å². The number of halogens is 1. The van der Waals surface area contributed by atoms with Crippen LogP contribution >= 0.6 is 0 Å². The molecule has 4 rings (SSSR count). The Labute approximate surface area is 185 Å². The van der Waals surface area contributed by atoms with Gasteiger partial charge in [-0.15, -0.1) is 0 Å². The van der Waals surface area contributed by atoms with Gasteiger partial charge in [0.25, 0.3) is 11.8 Å². The third-order valence-electron chi connectivity index (χ3n) is 6.46. The standard InChI is InChI=1S/C24H26FN3O4/c1-32-21-9-5-3-7-16(21)24(31)28-19-8-4-2-6-14(19)12-20(28)23(30)27-15-10-11-18(25)17(13-15)22(26)29/h3,5,7,9-11,13-14,19-20H,2,4,6,8,12H2,1H3,(H2,26,29)(H,27,30). The lowest BCUT2D eigenvalue weighted by molar-refractivity contribution is -0.120. The SMILES string of the molecule is COc1ccccc1C(=O)N1C(C(=O)Nc2ccc(F)c(C(N)=O)c2)CC2CCCCC21. The van der Waals surface area contributed by atoms with Gasteiger partial charge in [0.15, 0.2) is 0 Å². The van der Waals surface area contributed by atoms with Crippen LogP contribution in [0.1, 0.15) is 52.8 Å². The first-order chi connectivity index (χ1) is 15.4. The number of para-hydroxylation sites is 1. The van der Waals surface area contributed by atoms with E-state index < -0.39 is 17.8 Å². The van der Waals surface area contributed by atoms with Gasteiger partial charge in [0.2, 0.25) is 5.91 Å². The Morgan fingerprint density at radius 3 is 2.59 bits per heavy atom. The molecule has 1 heterocycles. The lowest BCUT2D eigenvalue weighted by Crippen LogP contribution is -2.48. The normalized spacial score (nSPS) is 22.2. The number of nitrogens with two attached hydrogens (primary N) is 1. The minimum absolute atomic E-state index is 0.0219. The number of anilines is 1. The number of rotatable bonds is 5. The van der Waals surface area contributed by atoms with E-state index in [4.69, 9.17) is 10.5 Å². The predicted molar refractivity (Wildman–Crippen MR) is 117 cm³/mol. The number of carbonyl (C=O) groups is 3. The Kier molecular flexibility index (Phi) is 6.12. The summed E-state index contributed by atoms with van der Waals surface area (Å²) >= 11 is 0. The molecule has 7 nitrogen and oxygen atoms in total. The van der Waals surface area contributed by atoms with Crippen LogP contribution in [0.4, 0.5) is 10.1 Å². The number of benzene rings is 2. The van der Waals surface area contributed by atoms with Crippen LogP contribution in [0.15, 0.2) is 42.5 Å². The first-order valence-electron chi connectivity index (χ1n) is 10.8. The average Bonchev–Trinajstić information content (AvgIpc) is 3.19. The zero-order valence-corrected chi connectivity index (χ0v) is 17.8. The number of ether oxygens (including phenoxy) is 1. The summed E-state index contributed by atoms with van der Waals surface area (Å²) in [6.45, 7) is 0. The number of amides is 3. The molecule has 2 aliphatic rings. The van der Waals surface area contributed by atoms with Gasteiger partial charge in [-0.3, -0.25) is 14.4 Å². The van der Waals surface area contributed by atoms with Crippen LogP contribution in [-0.2, 0) is 4.79 Å². The van der Waals surface area contributed by atoms with Crippen molar-refractivity contribution in [3.8, 4) is 5.75 Å². The number of likely N-dealkylation sites (tertiary alicyclic amines) is 1. The topological polar surface area (TPSA) is 102 Å². The highest BCUT2D eigenvalue weighted by Crippen LogP contribution is 2.41. The molecule has 0 radical (unpaired) electrons. The Bertz CT molecular complexity index is 1060. The van der Waals surface area contributed by atoms with Gasteiger partial charge in [-0.25, -0.2) is 4.39 Å². The van der Waals surface area contributed by atoms with Gasteiger partial charge in [-0.1, -0.05) is 25.0 Å². The van der Waals surface area contributed by atoms with E-state index in [1.165, 1.54) is 19.2 Å². The number of fused-ring (bicyclic) bond motifs is 1. The third-order valence-corrected chi connectivity index (χ3v) is 6.46. The molecule has 32 heavy (non-hydrogen) atoms. The van der Waals surface area contributed by atoms with Gasteiger partial charge in [0.05, 0.1) is 18.2 Å². The molecule has 3 amide bonds. The fraction of sp³-hybridized carbons (Fsp3) is 0.375. The first-order valence-corrected chi connectivity index (χ1v) is 10.8. The van der Waals surface area contributed by atoms with E-state index in [2.05, 4.69) is 5.32 Å². The summed E-state index contributed by atoms with van der Waals surface area (Å²) in [5.41, 5.74) is 5.58. The average molecular weight is 439 g/mol. The number of hydrogen-bond donors (Lipinski definition) is 2. The highest BCUT2D eigenvalue weighted by molar-refractivity contribution is 6.03. The lowest BCUT2D eigenvalue weighted by Gasteiger charge is -2.34. The Morgan fingerprint density at radius 2 is 1.84 bits per heavy atom. The van der Waals surface area contributed by atoms with Crippen LogP contribution in [0.3, 0.4) is 0 Å². The monoisotopic (exact) mass is 439 g/mol. The summed E-state index contributed by atoms with van der Waals surface area (Å²) < 4.78 is 19.2. The minimum Gasteiger partial charge on any atom is -0.496 e. The minimum atomic E-state index is -0.918. The molecule has 0 bridgehead atoms. The Balaban J connectivity index is 1.63. The Morgan fingerprint density at radius 1 is 1.09 bits per heavy atom. The number of primary amides is 1. The summed E-state index contributed by atoms with van der Waals surface area (Å²) in [7, 11) is 1.51. The van der Waals surface area contributed by atoms with Gasteiger partial charge in [0.1, 0.15) is 17.6 Å². The predicted octanol–water partition coefficient (Wildman–Crippen LogP) is 3.35. The molecule has 8 heteroatoms. The number of nitrogens with one attached hydrogen (secondary N) is 1. The van der Waals surface area contributed by atoms with Crippen molar-refractivity contribution in [2.24, 2.45) is 11.7 Å². The molecule has 2 aromatic carbocycles. The van der Waals surface area contributed by atoms with Gasteiger partial charge >= 0.3 is 0 Å². The number of carbonyl (C=O) groups excluding carboxylic acids is 3. The van der Waals surface area contributed by atoms with Crippen LogP contribution in [-0.4, -0.2) is 41.8 Å². The maximum Gasteiger partial charge on any atom is 0.258 e. The summed E-state index contributed by atoms with van der Waals surface area (Å²) in [4.78, 5) is 40.0. The largest absolute Gasteiger partial charge is 0.496 e. The van der Waals surface area contributed by atoms with Crippen molar-refractivity contribution in [2.75, 3.05) is 12.4 Å². The van der Waals surface area contributed by atoms with Crippen LogP contribution < -0.4 is 15.8 Å². The van der Waals surface area contributed by atoms with Crippen molar-refractivity contribution in [2.45, 2.75) is 44.2 Å². The maximum absolute atomic E-state index is 13.8. The maximum atomic E-state index is 13.8. The Hall–Kier alpha value is -3.42. The van der Waals surface area contributed by atoms with Gasteiger partial charge in [0, 0.05) is 11.7 Å². The molecular weight excluding hydrogens is 413 g/mol. The lowest BCUT2D eigenvalue weighted by atomic mass is 9.84. The number of methoxy groups -OCH3 is 1. The van der Waals surface area contributed by atoms with Gasteiger partial charge in [-0.2, -0.15) is 0 Å². The highest BCUT2D eigenvalue weighted by atomic mass is 19.1. The van der Waals surface area contributed by atoms with E-state index in [0.717, 1.165) is 31.7 Å². The molecule has 3 atom stereocenters. The van der Waals surface area contributed by atoms with Crippen LogP contribution in [0, 0.1) is 11.7 Å². The molecule has 3 unspecified atom stereocenters. The second kappa shape index (κ2) is 8.98. The number of hydrogen-bond acceptors (Lipinski definition) is 4. The van der Waals surface area contributed by atoms with E-state index in [1.807, 2.05) is 0 Å². The molecule has 2 aromatic rings. The molecule has 0 spiro atoms. The van der Waals surface area contributed by atoms with Crippen molar-refractivity contribution in [3.63, 3.8) is 0 Å². The van der Waals surface area contributed by atoms with Gasteiger partial charge < -0.3 is 20.7 Å². The van der Waals surface area contributed by atoms with Crippen LogP contribution in [0.2, 0.25) is 0 Å². The summed E-state index contributed by atoms with van der Waals surface area (Å²) in [6, 6.07) is 9.95. The molecule has 1 saturated heterocycles. The molecular formula is C24H26FN3O4. The molecule has 1 aliphatic heterocycles. The highest BCUT2D eigenvalue weighted by Gasteiger charge is 2.48. The van der Waals surface area contributed by atoms with Crippen LogP contribution in [0.5, 0.6) is 5.75 Å². The van der Waals surface area contributed by atoms with E-state index in [-0.39, 0.29) is 35.0 Å². The van der Waals surface area contributed by atoms with Crippen LogP contribution in [0.25, 0.3) is 0 Å². The van der Waals surface area contributed by atoms with E-state index in [9.17, 15) is 18.8 Å². The molecule has 1 aliphatic carbocycles. The van der Waals surface area contributed by atoms with Gasteiger partial charge in [-0.05, 0) is 55.5 Å². The smallest absolute Gasteiger partial charge is 0.258 e. The quantitative estimate of drug-likeness (QED) is 0.746. The van der Waals surface area contributed by atoms with Crippen molar-refractivity contribution >= 4 is 23.4 Å². The molecule has 0 aromatic heterocycles. The second-order valence-corrected chi connectivity index (χ2v) is 8.32. The molecule has 3 N–H and O–H groups in total. The molecule has 168 valence electrons. The first kappa shape index (κ1) is 21.8. The van der Waals surface area contributed by atoms with E-state index in [0.29, 0.717) is 17.7 Å². The molecule has 2 fully saturated rings. The van der Waals surface area contributed by atoms with Crippen molar-refractivity contribution < 1.29 is 23.5 Å². The van der Waals surface area contributed by atoms with Crippen molar-refractivity contribution in [1.29, 1.82) is 0 Å². The zero-order chi connectivity index (χ0) is 22.8. The van der Waals surface area contributed by atoms with Crippen molar-refractivity contribution in [1.82, 2.24) is 4.90 Å². The fourth-order valence-corrected chi connectivity index (χ4v) is 4.96. The summed E-state index contributed by atoms with van der Waals surface area (Å²) in [5.74, 6) is -1.58. The number of nitrogens with zero attached hydrogens (tertiary/aromatic N) is 1. The summed E-state index contributed by atoms with van der Waals surface area (Å²) in [6.07, 6.45) is 4.45. The molecule has 1 saturated carbocycles. The van der Waals surface area contributed by atoms with Crippen molar-refractivity contribution in [3.05, 3.63) is 59.4 Å². The second-order valence-electron chi connectivity index (χ2n) is 8.32. The zero-order valence-electron chi connectivity index (χ0n) is 17.8. The third kappa shape index (κ3) is 4.04.